The van der Waals surface area contributed by atoms with Crippen LogP contribution in [0.1, 0.15) is 0 Å². The monoisotopic (exact) mass is 116 g/mol. The van der Waals surface area contributed by atoms with Gasteiger partial charge in [-0.15, -0.1) is 11.4 Å². The molecule has 0 aromatic carbocycles. The number of rotatable bonds is 0. The number of hydrogen-bond donors (Lipinski definition) is 1. The molecule has 2 heteroatoms. The molecular weight excluding hydrogens is 112 g/mol. The zero-order valence-corrected chi connectivity index (χ0v) is 4.80. The maximum absolute atomic E-state index is 3.01. The molecule has 0 fully saturated rings. The molecule has 0 bridgehead atoms. The van der Waals surface area contributed by atoms with Gasteiger partial charge in [0, 0.05) is 5.41 Å². The van der Waals surface area contributed by atoms with Crippen LogP contribution in [0.15, 0.2) is 16.2 Å². The van der Waals surface area contributed by atoms with Crippen molar-refractivity contribution < 1.29 is 0 Å². The Balaban J connectivity index is 2.78. The molecule has 0 aromatic rings. The first-order valence-electron chi connectivity index (χ1n) is 1.58. The van der Waals surface area contributed by atoms with Crippen molar-refractivity contribution in [2.75, 3.05) is 0 Å². The fourth-order valence-corrected chi connectivity index (χ4v) is 1.38. The second-order valence-corrected chi connectivity index (χ2v) is 2.39. The second-order valence-electron chi connectivity index (χ2n) is 0.797. The van der Waals surface area contributed by atoms with E-state index in [9.17, 15) is 0 Å². The largest absolute Gasteiger partial charge is 0.132 e. The van der Waals surface area contributed by atoms with Gasteiger partial charge in [-0.05, 0) is 10.8 Å². The minimum Gasteiger partial charge on any atom is -0.132 e. The Morgan fingerprint density at radius 2 is 2.67 bits per heavy atom. The van der Waals surface area contributed by atoms with Gasteiger partial charge < -0.3 is 0 Å². The Morgan fingerprint density at radius 3 is 2.83 bits per heavy atom. The summed E-state index contributed by atoms with van der Waals surface area (Å²) in [5, 5.41) is 9.08. The van der Waals surface area contributed by atoms with Gasteiger partial charge in [0.25, 0.3) is 0 Å². The topological polar surface area (TPSA) is 0 Å². The van der Waals surface area contributed by atoms with Crippen LogP contribution in [0.5, 0.6) is 0 Å². The van der Waals surface area contributed by atoms with Gasteiger partial charge in [-0.1, -0.05) is 16.8 Å². The smallest absolute Gasteiger partial charge is 0.0235 e. The van der Waals surface area contributed by atoms with Crippen molar-refractivity contribution >= 4 is 28.1 Å². The van der Waals surface area contributed by atoms with Crippen molar-refractivity contribution in [1.29, 1.82) is 0 Å². The minimum absolute atomic E-state index is 1.19. The summed E-state index contributed by atoms with van der Waals surface area (Å²) in [6.45, 7) is 0. The number of thioether (sulfide) groups is 1. The molecule has 0 amide bonds. The molecule has 0 aliphatic carbocycles. The molecule has 1 rings (SSSR count). The summed E-state index contributed by atoms with van der Waals surface area (Å²) >= 11 is 2.86. The average Bonchev–Trinajstić information content (AvgIpc) is 1.72. The third kappa shape index (κ3) is 1.05. The molecule has 0 spiro atoms. The van der Waals surface area contributed by atoms with Gasteiger partial charge in [0.1, 0.15) is 0 Å². The van der Waals surface area contributed by atoms with Gasteiger partial charge in [0.05, 0.1) is 0 Å². The van der Waals surface area contributed by atoms with Gasteiger partial charge in [0.2, 0.25) is 0 Å². The van der Waals surface area contributed by atoms with E-state index in [4.69, 9.17) is 0 Å². The van der Waals surface area contributed by atoms with Crippen LogP contribution in [0, 0.1) is 0 Å². The predicted octanol–water partition coefficient (Wildman–Crippen LogP) is 1.58. The van der Waals surface area contributed by atoms with Gasteiger partial charge in [-0.2, -0.15) is 0 Å². The standard InChI is InChI=1S/C4H4S2/c1-2-6-4-3-5-1/h1-3,6H. The van der Waals surface area contributed by atoms with Crippen molar-refractivity contribution in [2.24, 2.45) is 0 Å². The lowest BCUT2D eigenvalue weighted by atomic mass is 11.2. The first kappa shape index (κ1) is 4.25. The highest BCUT2D eigenvalue weighted by Gasteiger charge is 1.68. The Labute approximate surface area is 44.9 Å². The molecule has 1 heterocycles. The van der Waals surface area contributed by atoms with Crippen LogP contribution in [-0.4, -0.2) is 5.02 Å². The SMILES string of the molecule is C1=CSC=C[SH]=1. The van der Waals surface area contributed by atoms with E-state index >= 15 is 0 Å². The summed E-state index contributed by atoms with van der Waals surface area (Å²) < 4.78 is 0. The third-order valence-electron chi connectivity index (χ3n) is 0.409. The highest BCUT2D eigenvalue weighted by molar-refractivity contribution is 8.09. The molecule has 0 radical (unpaired) electrons. The van der Waals surface area contributed by atoms with E-state index in [1.165, 1.54) is 11.4 Å². The molecule has 6 heavy (non-hydrogen) atoms. The summed E-state index contributed by atoms with van der Waals surface area (Å²) in [7, 11) is 0. The van der Waals surface area contributed by atoms with Crippen LogP contribution in [0.3, 0.4) is 0 Å². The van der Waals surface area contributed by atoms with Gasteiger partial charge >= 0.3 is 0 Å². The lowest BCUT2D eigenvalue weighted by Crippen LogP contribution is -1.48. The highest BCUT2D eigenvalue weighted by atomic mass is 32.2. The molecule has 0 saturated carbocycles. The molecule has 0 nitrogen and oxygen atoms in total. The molecule has 32 valence electrons. The normalized spacial score (nSPS) is 17.3. The predicted molar refractivity (Wildman–Crippen MR) is 35.3 cm³/mol. The quantitative estimate of drug-likeness (QED) is 0.370. The lowest BCUT2D eigenvalue weighted by molar-refractivity contribution is 2.55. The first-order valence-corrected chi connectivity index (χ1v) is 3.48. The van der Waals surface area contributed by atoms with Crippen molar-refractivity contribution in [3.05, 3.63) is 16.2 Å². The number of hydrogen-bond acceptors (Lipinski definition) is 1. The van der Waals surface area contributed by atoms with Crippen LogP contribution < -0.4 is 0 Å². The molecular formula is C4H4S2. The molecule has 0 unspecified atom stereocenters. The molecule has 0 aromatic heterocycles. The fraction of sp³-hybridized carbons (Fsp3) is 0. The van der Waals surface area contributed by atoms with Crippen LogP contribution in [0.2, 0.25) is 0 Å². The Bertz CT molecular complexity index is 118. The zero-order valence-electron chi connectivity index (χ0n) is 3.09. The lowest BCUT2D eigenvalue weighted by Gasteiger charge is -1.78. The van der Waals surface area contributed by atoms with Crippen LogP contribution >= 0.6 is 23.1 Å². The average molecular weight is 116 g/mol. The van der Waals surface area contributed by atoms with E-state index in [-0.39, 0.29) is 0 Å². The molecule has 1 aliphatic heterocycles. The maximum atomic E-state index is 3.01. The summed E-state index contributed by atoms with van der Waals surface area (Å²) in [6, 6.07) is 0. The highest BCUT2D eigenvalue weighted by Crippen LogP contribution is 2.07. The van der Waals surface area contributed by atoms with E-state index in [1.807, 2.05) is 5.41 Å². The Hall–Kier alpha value is 0.0900. The van der Waals surface area contributed by atoms with Gasteiger partial charge in [-0.3, -0.25) is 0 Å². The van der Waals surface area contributed by atoms with Crippen LogP contribution in [-0.2, 0) is 0 Å². The Kier molecular flexibility index (Phi) is 1.63. The van der Waals surface area contributed by atoms with Crippen molar-refractivity contribution in [2.45, 2.75) is 0 Å². The van der Waals surface area contributed by atoms with Crippen LogP contribution in [0.4, 0.5) is 0 Å². The summed E-state index contributed by atoms with van der Waals surface area (Å²) in [5.74, 6) is 0. The van der Waals surface area contributed by atoms with Crippen LogP contribution in [0.25, 0.3) is 0 Å². The van der Waals surface area contributed by atoms with E-state index in [0.717, 1.165) is 0 Å². The first-order chi connectivity index (χ1) is 3.00. The fourth-order valence-electron chi connectivity index (χ4n) is 0.209. The van der Waals surface area contributed by atoms with E-state index in [1.54, 1.807) is 11.8 Å². The summed E-state index contributed by atoms with van der Waals surface area (Å²) in [5.41, 5.74) is 0. The minimum atomic E-state index is 1.19. The molecule has 0 saturated heterocycles. The van der Waals surface area contributed by atoms with E-state index < -0.39 is 0 Å². The maximum Gasteiger partial charge on any atom is 0.0235 e. The van der Waals surface area contributed by atoms with Gasteiger partial charge in [-0.25, -0.2) is 0 Å². The van der Waals surface area contributed by atoms with Crippen molar-refractivity contribution in [3.8, 4) is 0 Å². The van der Waals surface area contributed by atoms with E-state index in [0.29, 0.717) is 0 Å². The molecule has 0 N–H and O–H groups in total. The summed E-state index contributed by atoms with van der Waals surface area (Å²) in [6.07, 6.45) is 0. The Morgan fingerprint density at radius 1 is 1.67 bits per heavy atom. The number of thiol groups is 1. The van der Waals surface area contributed by atoms with Gasteiger partial charge in [0.15, 0.2) is 0 Å². The second kappa shape index (κ2) is 2.30. The zero-order chi connectivity index (χ0) is 4.24. The van der Waals surface area contributed by atoms with Crippen molar-refractivity contribution in [3.63, 3.8) is 0 Å². The third-order valence-corrected chi connectivity index (χ3v) is 1.91. The molecule has 1 aliphatic rings. The molecule has 0 atom stereocenters. The van der Waals surface area contributed by atoms with Crippen molar-refractivity contribution in [1.82, 2.24) is 0 Å². The summed E-state index contributed by atoms with van der Waals surface area (Å²) in [4.78, 5) is 0. The van der Waals surface area contributed by atoms with E-state index in [2.05, 4.69) is 15.8 Å².